The van der Waals surface area contributed by atoms with E-state index >= 15 is 0 Å². The van der Waals surface area contributed by atoms with Gasteiger partial charge in [0.05, 0.1) is 11.0 Å². The molecule has 0 bridgehead atoms. The predicted molar refractivity (Wildman–Crippen MR) is 79.4 cm³/mol. The van der Waals surface area contributed by atoms with E-state index in [1.165, 1.54) is 6.26 Å². The molecule has 0 aromatic heterocycles. The molecule has 1 aromatic carbocycles. The second-order valence-electron chi connectivity index (χ2n) is 5.74. The molecule has 0 aliphatic heterocycles. The molecule has 2 rings (SSSR count). The van der Waals surface area contributed by atoms with Crippen molar-refractivity contribution in [1.29, 1.82) is 0 Å². The van der Waals surface area contributed by atoms with E-state index in [2.05, 4.69) is 12.2 Å². The van der Waals surface area contributed by atoms with E-state index in [0.717, 1.165) is 31.2 Å². The van der Waals surface area contributed by atoms with Gasteiger partial charge in [-0.15, -0.1) is 0 Å². The normalized spacial score (nSPS) is 25.4. The van der Waals surface area contributed by atoms with Gasteiger partial charge < -0.3 is 10.4 Å². The fourth-order valence-electron chi connectivity index (χ4n) is 2.70. The van der Waals surface area contributed by atoms with E-state index < -0.39 is 9.84 Å². The van der Waals surface area contributed by atoms with Crippen LogP contribution in [-0.2, 0) is 9.84 Å². The Balaban J connectivity index is 1.97. The van der Waals surface area contributed by atoms with Gasteiger partial charge in [-0.25, -0.2) is 8.42 Å². The Bertz CT molecular complexity index is 531. The fourth-order valence-corrected chi connectivity index (χ4v) is 3.33. The fraction of sp³-hybridized carbons (Fsp3) is 0.600. The molecule has 20 heavy (non-hydrogen) atoms. The number of nitrogens with one attached hydrogen (secondary N) is 1. The highest BCUT2D eigenvalue weighted by atomic mass is 32.2. The van der Waals surface area contributed by atoms with Crippen LogP contribution in [0.2, 0.25) is 0 Å². The van der Waals surface area contributed by atoms with Crippen molar-refractivity contribution >= 4 is 9.84 Å². The number of aliphatic hydroxyl groups excluding tert-OH is 1. The SMILES string of the molecule is C[C@@H](NC1CCC(O)CC1)c1ccc(S(C)(=O)=O)cc1. The zero-order valence-electron chi connectivity index (χ0n) is 12.0. The van der Waals surface area contributed by atoms with E-state index in [0.29, 0.717) is 10.9 Å². The first-order valence-electron chi connectivity index (χ1n) is 7.10. The third kappa shape index (κ3) is 4.04. The smallest absolute Gasteiger partial charge is 0.175 e. The lowest BCUT2D eigenvalue weighted by atomic mass is 9.92. The minimum atomic E-state index is -3.13. The van der Waals surface area contributed by atoms with Crippen molar-refractivity contribution in [3.63, 3.8) is 0 Å². The molecule has 0 unspecified atom stereocenters. The van der Waals surface area contributed by atoms with Crippen molar-refractivity contribution in [2.45, 2.75) is 55.7 Å². The summed E-state index contributed by atoms with van der Waals surface area (Å²) in [5, 5.41) is 13.1. The number of sulfone groups is 1. The minimum Gasteiger partial charge on any atom is -0.393 e. The quantitative estimate of drug-likeness (QED) is 0.892. The Hall–Kier alpha value is -0.910. The molecule has 5 heteroatoms. The summed E-state index contributed by atoms with van der Waals surface area (Å²) in [6, 6.07) is 7.67. The van der Waals surface area contributed by atoms with Crippen molar-refractivity contribution in [2.24, 2.45) is 0 Å². The molecule has 0 heterocycles. The van der Waals surface area contributed by atoms with Crippen molar-refractivity contribution in [1.82, 2.24) is 5.32 Å². The lowest BCUT2D eigenvalue weighted by molar-refractivity contribution is 0.114. The number of hydrogen-bond acceptors (Lipinski definition) is 4. The highest BCUT2D eigenvalue weighted by molar-refractivity contribution is 7.90. The van der Waals surface area contributed by atoms with Crippen molar-refractivity contribution < 1.29 is 13.5 Å². The Morgan fingerprint density at radius 1 is 1.15 bits per heavy atom. The monoisotopic (exact) mass is 297 g/mol. The highest BCUT2D eigenvalue weighted by Gasteiger charge is 2.21. The molecule has 1 fully saturated rings. The largest absolute Gasteiger partial charge is 0.393 e. The Morgan fingerprint density at radius 3 is 2.20 bits per heavy atom. The molecule has 1 saturated carbocycles. The molecule has 1 aliphatic rings. The summed E-state index contributed by atoms with van der Waals surface area (Å²) in [5.74, 6) is 0. The van der Waals surface area contributed by atoms with Crippen LogP contribution < -0.4 is 5.32 Å². The van der Waals surface area contributed by atoms with Crippen LogP contribution in [0.4, 0.5) is 0 Å². The van der Waals surface area contributed by atoms with Crippen LogP contribution in [0.5, 0.6) is 0 Å². The molecule has 1 aromatic rings. The van der Waals surface area contributed by atoms with Gasteiger partial charge >= 0.3 is 0 Å². The third-order valence-electron chi connectivity index (χ3n) is 3.99. The molecular weight excluding hydrogens is 274 g/mol. The zero-order valence-corrected chi connectivity index (χ0v) is 12.9. The summed E-state index contributed by atoms with van der Waals surface area (Å²) in [7, 11) is -3.13. The van der Waals surface area contributed by atoms with Crippen LogP contribution in [-0.4, -0.2) is 31.9 Å². The van der Waals surface area contributed by atoms with E-state index in [4.69, 9.17) is 0 Å². The first kappa shape index (κ1) is 15.5. The summed E-state index contributed by atoms with van der Waals surface area (Å²) in [6.45, 7) is 2.08. The van der Waals surface area contributed by atoms with Gasteiger partial charge in [0.15, 0.2) is 9.84 Å². The van der Waals surface area contributed by atoms with Crippen molar-refractivity contribution in [3.05, 3.63) is 29.8 Å². The average Bonchev–Trinajstić information content (AvgIpc) is 2.40. The van der Waals surface area contributed by atoms with E-state index in [-0.39, 0.29) is 12.1 Å². The third-order valence-corrected chi connectivity index (χ3v) is 5.12. The number of benzene rings is 1. The standard InChI is InChI=1S/C15H23NO3S/c1-11(16-13-5-7-14(17)8-6-13)12-3-9-15(10-4-12)20(2,18)19/h3-4,9-11,13-14,16-17H,5-8H2,1-2H3/t11-,13?,14?/m1/s1. The van der Waals surface area contributed by atoms with Gasteiger partial charge in [0.25, 0.3) is 0 Å². The summed E-state index contributed by atoms with van der Waals surface area (Å²) in [6.07, 6.45) is 4.78. The molecule has 2 N–H and O–H groups in total. The van der Waals surface area contributed by atoms with E-state index in [1.807, 2.05) is 12.1 Å². The Morgan fingerprint density at radius 2 is 1.70 bits per heavy atom. The molecule has 112 valence electrons. The number of hydrogen-bond donors (Lipinski definition) is 2. The van der Waals surface area contributed by atoms with Gasteiger partial charge in [0.1, 0.15) is 0 Å². The van der Waals surface area contributed by atoms with Gasteiger partial charge in [-0.1, -0.05) is 12.1 Å². The summed E-state index contributed by atoms with van der Waals surface area (Å²) >= 11 is 0. The zero-order chi connectivity index (χ0) is 14.8. The van der Waals surface area contributed by atoms with Gasteiger partial charge in [-0.2, -0.15) is 0 Å². The van der Waals surface area contributed by atoms with Crippen LogP contribution in [0.3, 0.4) is 0 Å². The Labute approximate surface area is 121 Å². The van der Waals surface area contributed by atoms with Crippen LogP contribution in [0, 0.1) is 0 Å². The molecule has 0 radical (unpaired) electrons. The van der Waals surface area contributed by atoms with E-state index in [1.54, 1.807) is 12.1 Å². The summed E-state index contributed by atoms with van der Waals surface area (Å²) in [4.78, 5) is 0.356. The maximum atomic E-state index is 11.4. The second kappa shape index (κ2) is 6.24. The predicted octanol–water partition coefficient (Wildman–Crippen LogP) is 2.04. The van der Waals surface area contributed by atoms with E-state index in [9.17, 15) is 13.5 Å². The summed E-state index contributed by atoms with van der Waals surface area (Å²) in [5.41, 5.74) is 1.09. The second-order valence-corrected chi connectivity index (χ2v) is 7.75. The van der Waals surface area contributed by atoms with Crippen LogP contribution >= 0.6 is 0 Å². The maximum absolute atomic E-state index is 11.4. The molecular formula is C15H23NO3S. The summed E-state index contributed by atoms with van der Waals surface area (Å²) < 4.78 is 22.8. The lowest BCUT2D eigenvalue weighted by Gasteiger charge is -2.29. The van der Waals surface area contributed by atoms with Gasteiger partial charge in [-0.3, -0.25) is 0 Å². The van der Waals surface area contributed by atoms with Crippen molar-refractivity contribution in [3.8, 4) is 0 Å². The molecule has 1 atom stereocenters. The average molecular weight is 297 g/mol. The van der Waals surface area contributed by atoms with Crippen LogP contribution in [0.15, 0.2) is 29.2 Å². The first-order chi connectivity index (χ1) is 9.36. The van der Waals surface area contributed by atoms with Crippen molar-refractivity contribution in [2.75, 3.05) is 6.26 Å². The molecule has 0 amide bonds. The van der Waals surface area contributed by atoms with Crippen LogP contribution in [0.1, 0.15) is 44.2 Å². The molecule has 4 nitrogen and oxygen atoms in total. The first-order valence-corrected chi connectivity index (χ1v) is 8.99. The van der Waals surface area contributed by atoms with Crippen LogP contribution in [0.25, 0.3) is 0 Å². The number of rotatable bonds is 4. The minimum absolute atomic E-state index is 0.141. The number of aliphatic hydroxyl groups is 1. The van der Waals surface area contributed by atoms with Gasteiger partial charge in [0.2, 0.25) is 0 Å². The highest BCUT2D eigenvalue weighted by Crippen LogP contribution is 2.22. The Kier molecular flexibility index (Phi) is 4.83. The topological polar surface area (TPSA) is 66.4 Å². The maximum Gasteiger partial charge on any atom is 0.175 e. The van der Waals surface area contributed by atoms with Gasteiger partial charge in [0, 0.05) is 18.3 Å². The molecule has 1 aliphatic carbocycles. The lowest BCUT2D eigenvalue weighted by Crippen LogP contribution is -2.36. The van der Waals surface area contributed by atoms with Gasteiger partial charge in [-0.05, 0) is 50.3 Å². The molecule has 0 spiro atoms. The molecule has 0 saturated heterocycles.